The van der Waals surface area contributed by atoms with Crippen molar-refractivity contribution in [2.45, 2.75) is 58.3 Å². The molecule has 2 aromatic carbocycles. The summed E-state index contributed by atoms with van der Waals surface area (Å²) in [5.74, 6) is 1.80. The lowest BCUT2D eigenvalue weighted by atomic mass is 10.2. The van der Waals surface area contributed by atoms with Crippen molar-refractivity contribution in [1.82, 2.24) is 14.5 Å². The number of thiazole rings is 1. The van der Waals surface area contributed by atoms with Gasteiger partial charge in [-0.05, 0) is 64.3 Å². The van der Waals surface area contributed by atoms with Crippen molar-refractivity contribution in [3.05, 3.63) is 30.3 Å². The molecule has 1 amide bonds. The first-order chi connectivity index (χ1) is 18.3. The number of rotatable bonds is 4. The molecule has 1 fully saturated rings. The molecule has 2 aromatic heterocycles. The van der Waals surface area contributed by atoms with Crippen molar-refractivity contribution in [3.63, 3.8) is 0 Å². The number of nitrogens with one attached hydrogen (secondary N) is 1. The molecule has 0 unspecified atom stereocenters. The first kappa shape index (κ1) is 24.9. The highest BCUT2D eigenvalue weighted by Crippen LogP contribution is 2.39. The summed E-state index contributed by atoms with van der Waals surface area (Å²) in [6, 6.07) is 10.5. The molecule has 1 atom stereocenters. The van der Waals surface area contributed by atoms with E-state index in [0.717, 1.165) is 83.0 Å². The van der Waals surface area contributed by atoms with Crippen molar-refractivity contribution in [2.24, 2.45) is 0 Å². The average Bonchev–Trinajstić information content (AvgIpc) is 3.56. The fourth-order valence-corrected chi connectivity index (χ4v) is 6.05. The number of imidazole rings is 1. The van der Waals surface area contributed by atoms with Gasteiger partial charge < -0.3 is 23.7 Å². The van der Waals surface area contributed by atoms with Gasteiger partial charge in [-0.1, -0.05) is 11.3 Å². The zero-order valence-corrected chi connectivity index (χ0v) is 23.1. The molecule has 2 aliphatic rings. The maximum absolute atomic E-state index is 12.2. The van der Waals surface area contributed by atoms with E-state index in [9.17, 15) is 4.79 Å². The third-order valence-electron chi connectivity index (χ3n) is 6.92. The van der Waals surface area contributed by atoms with Crippen molar-refractivity contribution in [3.8, 4) is 17.1 Å². The van der Waals surface area contributed by atoms with E-state index in [0.29, 0.717) is 11.7 Å². The molecule has 4 heterocycles. The third-order valence-corrected chi connectivity index (χ3v) is 7.86. The van der Waals surface area contributed by atoms with Crippen molar-refractivity contribution in [2.75, 3.05) is 37.0 Å². The molecule has 1 N–H and O–H groups in total. The van der Waals surface area contributed by atoms with E-state index < -0.39 is 11.7 Å². The van der Waals surface area contributed by atoms with Gasteiger partial charge in [0.2, 0.25) is 0 Å². The number of carbonyl (C=O) groups is 1. The maximum Gasteiger partial charge on any atom is 0.413 e. The predicted octanol–water partition coefficient (Wildman–Crippen LogP) is 6.06. The van der Waals surface area contributed by atoms with Gasteiger partial charge >= 0.3 is 6.09 Å². The Morgan fingerprint density at radius 1 is 1.13 bits per heavy atom. The molecule has 0 radical (unpaired) electrons. The fraction of sp³-hybridized carbons (Fsp3) is 0.464. The van der Waals surface area contributed by atoms with Crippen LogP contribution in [0.15, 0.2) is 30.3 Å². The number of aromatic nitrogens is 3. The summed E-state index contributed by atoms with van der Waals surface area (Å²) >= 11 is 1.42. The number of ether oxygens (including phenoxy) is 3. The third kappa shape index (κ3) is 4.90. The van der Waals surface area contributed by atoms with E-state index >= 15 is 0 Å². The van der Waals surface area contributed by atoms with Gasteiger partial charge in [0.15, 0.2) is 5.13 Å². The molecular formula is C28H33N5O4S. The second-order valence-electron chi connectivity index (χ2n) is 10.9. The maximum atomic E-state index is 12.2. The Morgan fingerprint density at radius 2 is 2.00 bits per heavy atom. The highest BCUT2D eigenvalue weighted by Gasteiger charge is 2.26. The largest absolute Gasteiger partial charge is 0.491 e. The number of carbonyl (C=O) groups excluding carboxylic acids is 1. The number of anilines is 2. The number of fused-ring (bicyclic) bond motifs is 1. The summed E-state index contributed by atoms with van der Waals surface area (Å²) < 4.78 is 20.5. The van der Waals surface area contributed by atoms with Crippen molar-refractivity contribution >= 4 is 49.5 Å². The molecular weight excluding hydrogens is 502 g/mol. The van der Waals surface area contributed by atoms with Gasteiger partial charge in [-0.2, -0.15) is 0 Å². The van der Waals surface area contributed by atoms with Crippen LogP contribution in [0.1, 0.15) is 40.0 Å². The first-order valence-electron chi connectivity index (χ1n) is 13.1. The van der Waals surface area contributed by atoms with Gasteiger partial charge in [-0.15, -0.1) is 0 Å². The van der Waals surface area contributed by atoms with Crippen molar-refractivity contribution < 1.29 is 19.0 Å². The van der Waals surface area contributed by atoms with E-state index in [1.807, 2.05) is 32.9 Å². The molecule has 38 heavy (non-hydrogen) atoms. The Kier molecular flexibility index (Phi) is 6.39. The minimum Gasteiger partial charge on any atom is -0.491 e. The molecule has 0 aliphatic carbocycles. The van der Waals surface area contributed by atoms with Gasteiger partial charge in [-0.3, -0.25) is 5.32 Å². The second kappa shape index (κ2) is 9.74. The first-order valence-corrected chi connectivity index (χ1v) is 13.9. The van der Waals surface area contributed by atoms with Gasteiger partial charge in [0.25, 0.3) is 0 Å². The Morgan fingerprint density at radius 3 is 2.79 bits per heavy atom. The smallest absolute Gasteiger partial charge is 0.413 e. The number of nitrogens with zero attached hydrogens (tertiary/aromatic N) is 4. The zero-order chi connectivity index (χ0) is 26.4. The Balaban J connectivity index is 1.37. The summed E-state index contributed by atoms with van der Waals surface area (Å²) in [6.45, 7) is 8.92. The number of amides is 1. The zero-order valence-electron chi connectivity index (χ0n) is 22.2. The molecule has 6 rings (SSSR count). The number of methoxy groups -OCH3 is 1. The summed E-state index contributed by atoms with van der Waals surface area (Å²) in [5, 5.41) is 3.27. The van der Waals surface area contributed by atoms with E-state index in [2.05, 4.69) is 38.0 Å². The Bertz CT molecular complexity index is 1500. The van der Waals surface area contributed by atoms with Crippen LogP contribution in [0.25, 0.3) is 32.6 Å². The van der Waals surface area contributed by atoms with Crippen LogP contribution in [-0.2, 0) is 16.0 Å². The number of benzene rings is 2. The summed E-state index contributed by atoms with van der Waals surface area (Å²) in [5.41, 5.74) is 4.36. The highest BCUT2D eigenvalue weighted by atomic mass is 32.1. The summed E-state index contributed by atoms with van der Waals surface area (Å²) in [7, 11) is 1.78. The molecule has 4 aromatic rings. The van der Waals surface area contributed by atoms with Crippen molar-refractivity contribution in [1.29, 1.82) is 0 Å². The minimum atomic E-state index is -0.571. The van der Waals surface area contributed by atoms with Gasteiger partial charge in [0.1, 0.15) is 22.7 Å². The number of aryl methyl sites for hydroxylation is 1. The predicted molar refractivity (Wildman–Crippen MR) is 151 cm³/mol. The molecule has 2 aliphatic heterocycles. The van der Waals surface area contributed by atoms with Crippen LogP contribution in [0, 0.1) is 0 Å². The van der Waals surface area contributed by atoms with E-state index in [1.165, 1.54) is 11.3 Å². The van der Waals surface area contributed by atoms with E-state index in [4.69, 9.17) is 19.2 Å². The van der Waals surface area contributed by atoms with Gasteiger partial charge in [0, 0.05) is 44.1 Å². The monoisotopic (exact) mass is 535 g/mol. The second-order valence-corrected chi connectivity index (χ2v) is 11.9. The van der Waals surface area contributed by atoms with Crippen LogP contribution in [-0.4, -0.2) is 59.1 Å². The van der Waals surface area contributed by atoms with Gasteiger partial charge in [-0.25, -0.2) is 14.8 Å². The number of hydrogen-bond donors (Lipinski definition) is 1. The normalized spacial score (nSPS) is 17.9. The Hall–Kier alpha value is -3.37. The molecule has 200 valence electrons. The van der Waals surface area contributed by atoms with Crippen LogP contribution in [0.4, 0.5) is 15.6 Å². The average molecular weight is 536 g/mol. The van der Waals surface area contributed by atoms with E-state index in [1.54, 1.807) is 7.11 Å². The topological polar surface area (TPSA) is 90.7 Å². The quantitative estimate of drug-likeness (QED) is 0.340. The molecule has 9 nitrogen and oxygen atoms in total. The fourth-order valence-electron chi connectivity index (χ4n) is 5.16. The van der Waals surface area contributed by atoms with Gasteiger partial charge in [0.05, 0.1) is 28.4 Å². The molecule has 0 saturated carbocycles. The van der Waals surface area contributed by atoms with Crippen LogP contribution in [0.5, 0.6) is 5.75 Å². The minimum absolute atomic E-state index is 0.253. The number of hydrogen-bond acceptors (Lipinski definition) is 8. The molecule has 10 heteroatoms. The lowest BCUT2D eigenvalue weighted by molar-refractivity contribution is 0.0636. The summed E-state index contributed by atoms with van der Waals surface area (Å²) in [6.07, 6.45) is 2.78. The molecule has 0 bridgehead atoms. The lowest BCUT2D eigenvalue weighted by Gasteiger charge is -2.21. The lowest BCUT2D eigenvalue weighted by Crippen LogP contribution is -2.27. The highest BCUT2D eigenvalue weighted by molar-refractivity contribution is 7.22. The van der Waals surface area contributed by atoms with Crippen LogP contribution in [0.2, 0.25) is 0 Å². The van der Waals surface area contributed by atoms with Crippen LogP contribution in [0.3, 0.4) is 0 Å². The molecule has 0 spiro atoms. The van der Waals surface area contributed by atoms with E-state index in [-0.39, 0.29) is 6.10 Å². The Labute approximate surface area is 225 Å². The summed E-state index contributed by atoms with van der Waals surface area (Å²) in [4.78, 5) is 24.3. The standard InChI is InChI=1S/C28H33N5O4S/c1-28(2,3)37-27(34)31-26-30-20-8-7-17(13-23(20)38-26)25-29-21-14-18(32-11-9-19(16-32)35-4)15-22-24(21)33(25)10-5-6-12-36-22/h7-8,13-15,19H,5-6,9-12,16H2,1-4H3,(H,30,31,34)/t19-/m1/s1. The van der Waals surface area contributed by atoms with Crippen LogP contribution < -0.4 is 15.0 Å². The van der Waals surface area contributed by atoms with Crippen LogP contribution >= 0.6 is 11.3 Å². The SMILES string of the molecule is CO[C@@H]1CCN(c2cc3c4c(c2)nc(-c2ccc5nc(NC(=O)OC(C)(C)C)sc5c2)n4CCCCO3)C1. The molecule has 1 saturated heterocycles.